The molecule has 0 atom stereocenters. The van der Waals surface area contributed by atoms with Crippen LogP contribution in [0.15, 0.2) is 23.1 Å². The van der Waals surface area contributed by atoms with Crippen LogP contribution in [0.5, 0.6) is 0 Å². The van der Waals surface area contributed by atoms with E-state index in [2.05, 4.69) is 5.32 Å². The number of nitriles is 1. The monoisotopic (exact) mass is 297 g/mol. The number of anilines is 1. The Bertz CT molecular complexity index is 669. The third-order valence-electron chi connectivity index (χ3n) is 2.05. The molecule has 0 aliphatic heterocycles. The lowest BCUT2D eigenvalue weighted by atomic mass is 10.2. The van der Waals surface area contributed by atoms with Crippen LogP contribution < -0.4 is 10.5 Å². The van der Waals surface area contributed by atoms with E-state index in [4.69, 9.17) is 15.1 Å². The van der Waals surface area contributed by atoms with Crippen LogP contribution in [0.25, 0.3) is 0 Å². The van der Waals surface area contributed by atoms with Crippen LogP contribution in [-0.4, -0.2) is 20.1 Å². The molecule has 8 heteroatoms. The van der Waals surface area contributed by atoms with Gasteiger partial charge >= 0.3 is 6.09 Å². The van der Waals surface area contributed by atoms with E-state index in [0.717, 1.165) is 6.07 Å². The van der Waals surface area contributed by atoms with E-state index in [9.17, 15) is 13.2 Å². The van der Waals surface area contributed by atoms with Gasteiger partial charge in [-0.2, -0.15) is 5.26 Å². The molecular weight excluding hydrogens is 282 g/mol. The Morgan fingerprint density at radius 1 is 1.40 bits per heavy atom. The minimum absolute atomic E-state index is 0.0410. The molecule has 0 aliphatic rings. The molecule has 7 nitrogen and oxygen atoms in total. The maximum atomic E-state index is 11.6. The lowest BCUT2D eigenvalue weighted by Crippen LogP contribution is -2.28. The van der Waals surface area contributed by atoms with Crippen LogP contribution >= 0.6 is 0 Å². The number of amides is 1. The highest BCUT2D eigenvalue weighted by molar-refractivity contribution is 7.89. The van der Waals surface area contributed by atoms with Gasteiger partial charge in [0.25, 0.3) is 0 Å². The summed E-state index contributed by atoms with van der Waals surface area (Å²) < 4.78 is 27.9. The number of nitrogens with one attached hydrogen (secondary N) is 1. The summed E-state index contributed by atoms with van der Waals surface area (Å²) in [6, 6.07) is 5.52. The van der Waals surface area contributed by atoms with Crippen LogP contribution in [0, 0.1) is 11.3 Å². The van der Waals surface area contributed by atoms with Crippen LogP contribution in [0.3, 0.4) is 0 Å². The average Bonchev–Trinajstić information content (AvgIpc) is 2.25. The van der Waals surface area contributed by atoms with Crippen molar-refractivity contribution >= 4 is 21.8 Å². The van der Waals surface area contributed by atoms with Crippen molar-refractivity contribution in [2.45, 2.75) is 31.3 Å². The third kappa shape index (κ3) is 4.53. The summed E-state index contributed by atoms with van der Waals surface area (Å²) in [5, 5.41) is 16.1. The van der Waals surface area contributed by atoms with Crippen LogP contribution in [0.4, 0.5) is 10.5 Å². The predicted octanol–water partition coefficient (Wildman–Crippen LogP) is 1.55. The number of carbonyl (C=O) groups excluding carboxylic acids is 1. The highest BCUT2D eigenvalue weighted by Gasteiger charge is 2.20. The number of primary sulfonamides is 1. The van der Waals surface area contributed by atoms with Gasteiger partial charge in [-0.25, -0.2) is 18.4 Å². The Labute approximate surface area is 117 Å². The quantitative estimate of drug-likeness (QED) is 0.857. The summed E-state index contributed by atoms with van der Waals surface area (Å²) >= 11 is 0. The van der Waals surface area contributed by atoms with Crippen molar-refractivity contribution in [1.82, 2.24) is 0 Å². The molecule has 1 rings (SSSR count). The fourth-order valence-electron chi connectivity index (χ4n) is 1.34. The second-order valence-electron chi connectivity index (χ2n) is 4.99. The Morgan fingerprint density at radius 2 is 2.00 bits per heavy atom. The molecule has 0 aliphatic carbocycles. The zero-order valence-electron chi connectivity index (χ0n) is 11.3. The first-order chi connectivity index (χ1) is 9.03. The van der Waals surface area contributed by atoms with E-state index >= 15 is 0 Å². The van der Waals surface area contributed by atoms with E-state index < -0.39 is 21.7 Å². The Hall–Kier alpha value is -2.11. The van der Waals surface area contributed by atoms with E-state index in [-0.39, 0.29) is 16.1 Å². The summed E-state index contributed by atoms with van der Waals surface area (Å²) in [5.41, 5.74) is -0.650. The molecule has 1 aromatic carbocycles. The minimum atomic E-state index is -4.08. The summed E-state index contributed by atoms with van der Waals surface area (Å²) in [4.78, 5) is 11.3. The van der Waals surface area contributed by atoms with E-state index in [1.54, 1.807) is 26.8 Å². The van der Waals surface area contributed by atoms with Crippen molar-refractivity contribution in [1.29, 1.82) is 5.26 Å². The average molecular weight is 297 g/mol. The Balaban J connectivity index is 3.14. The van der Waals surface area contributed by atoms with Gasteiger partial charge in [-0.15, -0.1) is 0 Å². The highest BCUT2D eigenvalue weighted by atomic mass is 32.2. The molecule has 0 saturated heterocycles. The summed E-state index contributed by atoms with van der Waals surface area (Å²) in [7, 11) is -4.08. The molecule has 20 heavy (non-hydrogen) atoms. The van der Waals surface area contributed by atoms with Crippen LogP contribution in [-0.2, 0) is 14.8 Å². The Morgan fingerprint density at radius 3 is 2.45 bits per heavy atom. The number of ether oxygens (including phenoxy) is 1. The molecule has 3 N–H and O–H groups in total. The van der Waals surface area contributed by atoms with Crippen LogP contribution in [0.1, 0.15) is 26.3 Å². The molecule has 0 radical (unpaired) electrons. The summed E-state index contributed by atoms with van der Waals surface area (Å²) in [6.45, 7) is 5.02. The summed E-state index contributed by atoms with van der Waals surface area (Å²) in [5.74, 6) is 0. The molecule has 0 spiro atoms. The number of hydrogen-bond acceptors (Lipinski definition) is 5. The first-order valence-electron chi connectivity index (χ1n) is 5.60. The van der Waals surface area contributed by atoms with Crippen molar-refractivity contribution in [3.05, 3.63) is 23.8 Å². The van der Waals surface area contributed by atoms with E-state index in [1.807, 2.05) is 0 Å². The first kappa shape index (κ1) is 15.9. The number of sulfonamides is 1. The van der Waals surface area contributed by atoms with Gasteiger partial charge in [0.1, 0.15) is 10.5 Å². The number of nitrogens with zero attached hydrogens (tertiary/aromatic N) is 1. The van der Waals surface area contributed by atoms with Crippen molar-refractivity contribution < 1.29 is 17.9 Å². The molecular formula is C12H15N3O4S. The molecule has 1 aromatic rings. The fraction of sp³-hybridized carbons (Fsp3) is 0.333. The van der Waals surface area contributed by atoms with E-state index in [1.165, 1.54) is 12.1 Å². The standard InChI is InChI=1S/C12H15N3O4S/c1-12(2,3)19-11(16)15-9-5-4-8(7-13)6-10(9)20(14,17)18/h4-6H,1-3H3,(H,15,16)(H2,14,17,18). The SMILES string of the molecule is CC(C)(C)OC(=O)Nc1ccc(C#N)cc1S(N)(=O)=O. The largest absolute Gasteiger partial charge is 0.444 e. The maximum Gasteiger partial charge on any atom is 0.412 e. The van der Waals surface area contributed by atoms with Crippen molar-refractivity contribution in [3.63, 3.8) is 0 Å². The molecule has 0 aromatic heterocycles. The highest BCUT2D eigenvalue weighted by Crippen LogP contribution is 2.22. The predicted molar refractivity (Wildman–Crippen MR) is 72.4 cm³/mol. The van der Waals surface area contributed by atoms with Gasteiger partial charge in [-0.3, -0.25) is 5.32 Å². The second kappa shape index (κ2) is 5.48. The molecule has 0 saturated carbocycles. The van der Waals surface area contributed by atoms with Crippen molar-refractivity contribution in [2.24, 2.45) is 5.14 Å². The first-order valence-corrected chi connectivity index (χ1v) is 7.14. The molecule has 108 valence electrons. The van der Waals surface area contributed by atoms with E-state index in [0.29, 0.717) is 0 Å². The zero-order chi connectivity index (χ0) is 15.6. The molecule has 0 unspecified atom stereocenters. The second-order valence-corrected chi connectivity index (χ2v) is 6.52. The maximum absolute atomic E-state index is 11.6. The van der Waals surface area contributed by atoms with Gasteiger partial charge in [0, 0.05) is 0 Å². The minimum Gasteiger partial charge on any atom is -0.444 e. The third-order valence-corrected chi connectivity index (χ3v) is 3.00. The van der Waals surface area contributed by atoms with Crippen molar-refractivity contribution in [3.8, 4) is 6.07 Å². The van der Waals surface area contributed by atoms with Crippen LogP contribution in [0.2, 0.25) is 0 Å². The fourth-order valence-corrected chi connectivity index (χ4v) is 2.06. The molecule has 0 heterocycles. The lowest BCUT2D eigenvalue weighted by molar-refractivity contribution is 0.0635. The van der Waals surface area contributed by atoms with Gasteiger partial charge in [-0.05, 0) is 39.0 Å². The van der Waals surface area contributed by atoms with Crippen molar-refractivity contribution in [2.75, 3.05) is 5.32 Å². The number of hydrogen-bond donors (Lipinski definition) is 2. The molecule has 0 bridgehead atoms. The topological polar surface area (TPSA) is 122 Å². The smallest absolute Gasteiger partial charge is 0.412 e. The van der Waals surface area contributed by atoms with Gasteiger partial charge in [0.05, 0.1) is 17.3 Å². The lowest BCUT2D eigenvalue weighted by Gasteiger charge is -2.20. The number of carbonyl (C=O) groups is 1. The number of rotatable bonds is 2. The number of nitrogens with two attached hydrogens (primary N) is 1. The normalized spacial score (nSPS) is 11.6. The van der Waals surface area contributed by atoms with Gasteiger partial charge in [0.2, 0.25) is 10.0 Å². The summed E-state index contributed by atoms with van der Waals surface area (Å²) in [6.07, 6.45) is -0.813. The number of benzene rings is 1. The Kier molecular flexibility index (Phi) is 4.37. The van der Waals surface area contributed by atoms with Gasteiger partial charge in [-0.1, -0.05) is 0 Å². The molecule has 1 amide bonds. The van der Waals surface area contributed by atoms with Gasteiger partial charge in [0.15, 0.2) is 0 Å². The molecule has 0 fully saturated rings. The van der Waals surface area contributed by atoms with Gasteiger partial charge < -0.3 is 4.74 Å². The zero-order valence-corrected chi connectivity index (χ0v) is 12.1.